The molecule has 2 nitrogen and oxygen atoms in total. The number of nitrogens with zero attached hydrogens (tertiary/aromatic N) is 2. The Morgan fingerprint density at radius 2 is 1.61 bits per heavy atom. The van der Waals surface area contributed by atoms with Crippen LogP contribution in [0.3, 0.4) is 0 Å². The van der Waals surface area contributed by atoms with Crippen LogP contribution in [-0.2, 0) is 20.1 Å². The molecule has 0 N–H and O–H groups in total. The average molecular weight is 837 g/mol. The van der Waals surface area contributed by atoms with Gasteiger partial charge >= 0.3 is 106 Å². The van der Waals surface area contributed by atoms with Gasteiger partial charge in [0.25, 0.3) is 0 Å². The molecule has 3 aromatic carbocycles. The molecule has 0 bridgehead atoms. The molecular formula is C39H42GeIrN2S-2. The predicted octanol–water partition coefficient (Wildman–Crippen LogP) is 10.8. The molecule has 0 fully saturated rings. The Bertz CT molecular complexity index is 1940. The van der Waals surface area contributed by atoms with Crippen LogP contribution in [0, 0.1) is 31.4 Å². The fraction of sp³-hybridized carbons (Fsp3) is 0.282. The van der Waals surface area contributed by atoms with Gasteiger partial charge < -0.3 is 4.98 Å². The third kappa shape index (κ3) is 7.42. The summed E-state index contributed by atoms with van der Waals surface area (Å²) in [6.45, 7) is 12.7. The second-order valence-electron chi connectivity index (χ2n) is 13.4. The van der Waals surface area contributed by atoms with Crippen LogP contribution >= 0.6 is 11.3 Å². The molecule has 3 aromatic heterocycles. The van der Waals surface area contributed by atoms with E-state index in [1.807, 2.05) is 37.4 Å². The molecular weight excluding hydrogens is 793 g/mol. The molecule has 0 saturated carbocycles. The fourth-order valence-corrected chi connectivity index (χ4v) is 10.3. The molecule has 0 aliphatic carbocycles. The van der Waals surface area contributed by atoms with Crippen molar-refractivity contribution in [2.45, 2.75) is 64.7 Å². The molecule has 0 aliphatic rings. The summed E-state index contributed by atoms with van der Waals surface area (Å²) >= 11 is 0.0255. The van der Waals surface area contributed by atoms with Gasteiger partial charge in [0.2, 0.25) is 0 Å². The minimum Gasteiger partial charge on any atom is -0.305 e. The van der Waals surface area contributed by atoms with Gasteiger partial charge in [-0.25, -0.2) is 0 Å². The van der Waals surface area contributed by atoms with E-state index in [0.29, 0.717) is 0 Å². The number of hydrogen-bond donors (Lipinski definition) is 0. The van der Waals surface area contributed by atoms with Crippen LogP contribution in [0.4, 0.5) is 0 Å². The van der Waals surface area contributed by atoms with Gasteiger partial charge in [-0.3, -0.25) is 0 Å². The van der Waals surface area contributed by atoms with Crippen molar-refractivity contribution < 1.29 is 21.5 Å². The normalized spacial score (nSPS) is 13.4. The zero-order valence-electron chi connectivity index (χ0n) is 28.2. The first-order valence-electron chi connectivity index (χ1n) is 15.4. The SMILES string of the molecule is Cc1cc(-c2[c-]cccc2)nc[c]1[Ge]([CH3])([CH3])[CH3].[2H]C(C)(c1ccnc(-c2[c-]cc(C)c3c2sc2ccccc23)c1)C(C)(C)C.[Ir]. The number of pyridine rings is 2. The number of aryl methyl sites for hydroxylation is 2. The summed E-state index contributed by atoms with van der Waals surface area (Å²) in [5, 5.41) is 2.59. The maximum Gasteiger partial charge on any atom is 0.0355 e. The van der Waals surface area contributed by atoms with Crippen molar-refractivity contribution in [2.24, 2.45) is 5.41 Å². The van der Waals surface area contributed by atoms with Gasteiger partial charge in [0.1, 0.15) is 0 Å². The largest absolute Gasteiger partial charge is 0.305 e. The molecule has 6 aromatic rings. The molecule has 0 spiro atoms. The smallest absolute Gasteiger partial charge is 0.0355 e. The summed E-state index contributed by atoms with van der Waals surface area (Å²) in [4.78, 5) is 9.24. The monoisotopic (exact) mass is 838 g/mol. The Kier molecular flexibility index (Phi) is 10.3. The zero-order valence-corrected chi connectivity index (χ0v) is 32.5. The van der Waals surface area contributed by atoms with E-state index >= 15 is 0 Å². The molecule has 1 atom stereocenters. The van der Waals surface area contributed by atoms with Gasteiger partial charge in [0.15, 0.2) is 0 Å². The molecule has 3 heterocycles. The van der Waals surface area contributed by atoms with Crippen LogP contribution in [0.25, 0.3) is 42.7 Å². The minimum atomic E-state index is -1.77. The Morgan fingerprint density at radius 3 is 2.27 bits per heavy atom. The second kappa shape index (κ2) is 13.8. The van der Waals surface area contributed by atoms with E-state index in [4.69, 9.17) is 1.37 Å². The third-order valence-electron chi connectivity index (χ3n) is 8.13. The molecule has 1 radical (unpaired) electrons. The van der Waals surface area contributed by atoms with Crippen LogP contribution in [0.2, 0.25) is 17.3 Å². The van der Waals surface area contributed by atoms with Crippen molar-refractivity contribution in [3.8, 4) is 22.5 Å². The summed E-state index contributed by atoms with van der Waals surface area (Å²) in [6.07, 6.45) is 3.90. The van der Waals surface area contributed by atoms with Crippen molar-refractivity contribution in [1.29, 1.82) is 0 Å². The van der Waals surface area contributed by atoms with Gasteiger partial charge in [-0.2, -0.15) is 11.3 Å². The summed E-state index contributed by atoms with van der Waals surface area (Å²) in [5.74, 6) is 6.50. The van der Waals surface area contributed by atoms with Gasteiger partial charge in [-0.15, -0.1) is 23.3 Å². The molecule has 0 aliphatic heterocycles. The first-order chi connectivity index (χ1) is 20.7. The number of fused-ring (bicyclic) bond motifs is 3. The number of hydrogen-bond acceptors (Lipinski definition) is 3. The average Bonchev–Trinajstić information content (AvgIpc) is 3.37. The van der Waals surface area contributed by atoms with Gasteiger partial charge in [0.05, 0.1) is 0 Å². The Hall–Kier alpha value is -2.63. The van der Waals surface area contributed by atoms with E-state index in [-0.39, 0.29) is 25.5 Å². The summed E-state index contributed by atoms with van der Waals surface area (Å²) in [6, 6.07) is 31.5. The Morgan fingerprint density at radius 1 is 0.886 bits per heavy atom. The molecule has 5 heteroatoms. The molecule has 44 heavy (non-hydrogen) atoms. The van der Waals surface area contributed by atoms with Gasteiger partial charge in [-0.1, -0.05) is 69.8 Å². The predicted molar refractivity (Wildman–Crippen MR) is 190 cm³/mol. The van der Waals surface area contributed by atoms with E-state index in [2.05, 4.69) is 129 Å². The van der Waals surface area contributed by atoms with Crippen molar-refractivity contribution in [3.63, 3.8) is 0 Å². The number of aromatic nitrogens is 2. The van der Waals surface area contributed by atoms with E-state index in [1.54, 1.807) is 11.3 Å². The van der Waals surface area contributed by atoms with Crippen molar-refractivity contribution in [3.05, 3.63) is 114 Å². The molecule has 0 saturated heterocycles. The van der Waals surface area contributed by atoms with E-state index in [0.717, 1.165) is 28.1 Å². The summed E-state index contributed by atoms with van der Waals surface area (Å²) in [5.41, 5.74) is 7.46. The maximum absolute atomic E-state index is 8.93. The van der Waals surface area contributed by atoms with E-state index in [1.165, 1.54) is 35.7 Å². The standard InChI is InChI=1S/C24H24NS.C15H18GeN.Ir/c1-15-10-11-18(23-22(15)19-8-6-7-9-21(19)26-23)20-14-17(12-13-25-20)16(2)24(3,4)5;1-12-10-15(13-8-6-5-7-9-13)17-11-14(12)16(2,3)4;/h6-10,12-14,16H,1-5H3;5-8,10-11H,1-4H3;/q2*-1;/i16D;;. The van der Waals surface area contributed by atoms with Crippen LogP contribution in [0.5, 0.6) is 0 Å². The molecule has 6 rings (SSSR count). The van der Waals surface area contributed by atoms with Gasteiger partial charge in [-0.05, 0) is 39.2 Å². The van der Waals surface area contributed by atoms with Crippen LogP contribution < -0.4 is 4.40 Å². The molecule has 229 valence electrons. The van der Waals surface area contributed by atoms with E-state index < -0.39 is 19.2 Å². The second-order valence-corrected chi connectivity index (χ2v) is 25.0. The van der Waals surface area contributed by atoms with Gasteiger partial charge in [0, 0.05) is 32.4 Å². The van der Waals surface area contributed by atoms with E-state index in [9.17, 15) is 0 Å². The number of benzene rings is 3. The van der Waals surface area contributed by atoms with Crippen molar-refractivity contribution in [1.82, 2.24) is 9.97 Å². The Labute approximate surface area is 285 Å². The van der Waals surface area contributed by atoms with Crippen molar-refractivity contribution in [2.75, 3.05) is 0 Å². The molecule has 1 unspecified atom stereocenters. The Balaban J connectivity index is 0.000000222. The number of rotatable bonds is 4. The quantitative estimate of drug-likeness (QED) is 0.131. The van der Waals surface area contributed by atoms with Crippen LogP contribution in [-0.4, -0.2) is 23.2 Å². The molecule has 0 amide bonds. The fourth-order valence-electron chi connectivity index (χ4n) is 5.40. The zero-order chi connectivity index (χ0) is 31.9. The maximum atomic E-state index is 8.93. The minimum absolute atomic E-state index is 0. The topological polar surface area (TPSA) is 25.8 Å². The number of thiophene rings is 1. The first kappa shape index (κ1) is 32.8. The first-order valence-corrected chi connectivity index (χ1v) is 23.1. The van der Waals surface area contributed by atoms with Crippen LogP contribution in [0.1, 0.15) is 51.7 Å². The summed E-state index contributed by atoms with van der Waals surface area (Å²) < 4.78 is 12.9. The van der Waals surface area contributed by atoms with Crippen molar-refractivity contribution >= 4 is 49.2 Å². The summed E-state index contributed by atoms with van der Waals surface area (Å²) in [7, 11) is 0. The third-order valence-corrected chi connectivity index (χ3v) is 13.8. The van der Waals surface area contributed by atoms with Crippen LogP contribution in [0.15, 0.2) is 85.2 Å².